The average Bonchev–Trinajstić information content (AvgIpc) is 3.37. The maximum Gasteiger partial charge on any atom is 0.336 e. The zero-order valence-electron chi connectivity index (χ0n) is 19.4. The van der Waals surface area contributed by atoms with Crippen LogP contribution in [0, 0.1) is 6.92 Å². The van der Waals surface area contributed by atoms with E-state index < -0.39 is 30.0 Å². The number of hydrogen-bond donors (Lipinski definition) is 2. The Labute approximate surface area is 205 Å². The first-order valence-electron chi connectivity index (χ1n) is 11.0. The van der Waals surface area contributed by atoms with Gasteiger partial charge in [-0.25, -0.2) is 9.59 Å². The fourth-order valence-electron chi connectivity index (χ4n) is 3.51. The van der Waals surface area contributed by atoms with Crippen LogP contribution in [-0.2, 0) is 17.9 Å². The van der Waals surface area contributed by atoms with E-state index in [0.29, 0.717) is 22.7 Å². The molecule has 0 atom stereocenters. The third-order valence-corrected chi connectivity index (χ3v) is 5.41. The summed E-state index contributed by atoms with van der Waals surface area (Å²) in [5.41, 5.74) is 7.24. The second-order valence-electron chi connectivity index (χ2n) is 7.97. The minimum atomic E-state index is -0.946. The molecule has 36 heavy (non-hydrogen) atoms. The van der Waals surface area contributed by atoms with E-state index in [-0.39, 0.29) is 13.2 Å². The van der Waals surface area contributed by atoms with E-state index >= 15 is 0 Å². The van der Waals surface area contributed by atoms with E-state index in [1.54, 1.807) is 48.5 Å². The number of ether oxygens (including phenoxy) is 1. The Morgan fingerprint density at radius 1 is 1.06 bits per heavy atom. The van der Waals surface area contributed by atoms with Gasteiger partial charge in [-0.15, -0.1) is 0 Å². The second kappa shape index (κ2) is 10.6. The third kappa shape index (κ3) is 5.79. The van der Waals surface area contributed by atoms with Crippen molar-refractivity contribution in [3.8, 4) is 5.75 Å². The number of carbonyl (C=O) groups excluding carboxylic acids is 3. The summed E-state index contributed by atoms with van der Waals surface area (Å²) in [5, 5.41) is 3.31. The van der Waals surface area contributed by atoms with E-state index in [2.05, 4.69) is 5.32 Å². The van der Waals surface area contributed by atoms with Crippen LogP contribution in [0.3, 0.4) is 0 Å². The highest BCUT2D eigenvalue weighted by Gasteiger charge is 2.21. The first-order valence-corrected chi connectivity index (χ1v) is 11.0. The van der Waals surface area contributed by atoms with Crippen LogP contribution in [0.5, 0.6) is 5.75 Å². The summed E-state index contributed by atoms with van der Waals surface area (Å²) in [4.78, 5) is 48.8. The summed E-state index contributed by atoms with van der Waals surface area (Å²) in [6.45, 7) is 1.52. The molecule has 3 N–H and O–H groups in total. The standard InChI is InChI=1S/C26H23N3O7/c1-16-11-24(31)36-22-12-19(8-9-21(16)22)35-15-17-4-6-18(7-5-17)25(32)28-13-23(30)29(26(27)33)14-20-3-2-10-34-20/h2-12H,13-15H2,1H3,(H2,27,33)(H,28,32). The molecule has 0 spiro atoms. The zero-order chi connectivity index (χ0) is 25.7. The molecule has 4 aromatic rings. The lowest BCUT2D eigenvalue weighted by Crippen LogP contribution is -2.45. The van der Waals surface area contributed by atoms with Crippen LogP contribution in [0.4, 0.5) is 4.79 Å². The number of imide groups is 1. The fourth-order valence-corrected chi connectivity index (χ4v) is 3.51. The van der Waals surface area contributed by atoms with Crippen LogP contribution in [0.25, 0.3) is 11.0 Å². The predicted molar refractivity (Wildman–Crippen MR) is 129 cm³/mol. The topological polar surface area (TPSA) is 145 Å². The summed E-state index contributed by atoms with van der Waals surface area (Å²) in [6, 6.07) is 15.6. The van der Waals surface area contributed by atoms with Gasteiger partial charge in [0, 0.05) is 23.1 Å². The molecule has 10 heteroatoms. The van der Waals surface area contributed by atoms with Gasteiger partial charge in [-0.2, -0.15) is 0 Å². The Kier molecular flexibility index (Phi) is 7.15. The molecule has 0 saturated heterocycles. The van der Waals surface area contributed by atoms with Gasteiger partial charge < -0.3 is 24.6 Å². The number of carbonyl (C=O) groups is 3. The Balaban J connectivity index is 1.32. The highest BCUT2D eigenvalue weighted by Crippen LogP contribution is 2.23. The Morgan fingerprint density at radius 2 is 1.83 bits per heavy atom. The number of benzene rings is 2. The molecule has 0 aliphatic carbocycles. The van der Waals surface area contributed by atoms with Crippen molar-refractivity contribution >= 4 is 28.8 Å². The van der Waals surface area contributed by atoms with Crippen molar-refractivity contribution in [2.45, 2.75) is 20.1 Å². The van der Waals surface area contributed by atoms with E-state index in [0.717, 1.165) is 21.4 Å². The third-order valence-electron chi connectivity index (χ3n) is 5.41. The summed E-state index contributed by atoms with van der Waals surface area (Å²) >= 11 is 0. The summed E-state index contributed by atoms with van der Waals surface area (Å²) < 4.78 is 16.2. The maximum absolute atomic E-state index is 12.4. The van der Waals surface area contributed by atoms with E-state index in [4.69, 9.17) is 19.3 Å². The van der Waals surface area contributed by atoms with Crippen molar-refractivity contribution < 1.29 is 28.0 Å². The minimum absolute atomic E-state index is 0.130. The summed E-state index contributed by atoms with van der Waals surface area (Å²) in [7, 11) is 0. The van der Waals surface area contributed by atoms with Gasteiger partial charge in [0.1, 0.15) is 23.7 Å². The highest BCUT2D eigenvalue weighted by atomic mass is 16.5. The molecule has 4 rings (SSSR count). The zero-order valence-corrected chi connectivity index (χ0v) is 19.4. The van der Waals surface area contributed by atoms with Crippen LogP contribution < -0.4 is 21.4 Å². The largest absolute Gasteiger partial charge is 0.489 e. The van der Waals surface area contributed by atoms with Crippen molar-refractivity contribution in [1.82, 2.24) is 10.2 Å². The van der Waals surface area contributed by atoms with Gasteiger partial charge in [-0.3, -0.25) is 14.5 Å². The quantitative estimate of drug-likeness (QED) is 0.362. The van der Waals surface area contributed by atoms with Crippen molar-refractivity contribution in [2.75, 3.05) is 6.54 Å². The van der Waals surface area contributed by atoms with Crippen LogP contribution >= 0.6 is 0 Å². The van der Waals surface area contributed by atoms with E-state index in [1.165, 1.54) is 12.3 Å². The number of furan rings is 1. The van der Waals surface area contributed by atoms with Crippen molar-refractivity contribution in [1.29, 1.82) is 0 Å². The lowest BCUT2D eigenvalue weighted by molar-refractivity contribution is -0.127. The molecule has 0 unspecified atom stereocenters. The number of fused-ring (bicyclic) bond motifs is 1. The van der Waals surface area contributed by atoms with Gasteiger partial charge in [0.2, 0.25) is 5.91 Å². The first kappa shape index (κ1) is 24.3. The monoisotopic (exact) mass is 489 g/mol. The molecule has 0 fully saturated rings. The molecular formula is C26H23N3O7. The molecule has 0 aliphatic heterocycles. The lowest BCUT2D eigenvalue weighted by atomic mass is 10.1. The molecule has 2 heterocycles. The fraction of sp³-hybridized carbons (Fsp3) is 0.154. The molecule has 4 amide bonds. The molecule has 184 valence electrons. The second-order valence-corrected chi connectivity index (χ2v) is 7.97. The number of primary amides is 1. The predicted octanol–water partition coefficient (Wildman–Crippen LogP) is 3.11. The molecule has 10 nitrogen and oxygen atoms in total. The number of urea groups is 1. The van der Waals surface area contributed by atoms with Crippen LogP contribution in [0.2, 0.25) is 0 Å². The number of nitrogens with one attached hydrogen (secondary N) is 1. The maximum atomic E-state index is 12.4. The van der Waals surface area contributed by atoms with Crippen LogP contribution in [0.1, 0.15) is 27.2 Å². The summed E-state index contributed by atoms with van der Waals surface area (Å²) in [5.74, 6) is -0.239. The number of aryl methyl sites for hydroxylation is 1. The molecule has 0 radical (unpaired) electrons. The van der Waals surface area contributed by atoms with Gasteiger partial charge in [-0.05, 0) is 54.4 Å². The minimum Gasteiger partial charge on any atom is -0.489 e. The van der Waals surface area contributed by atoms with E-state index in [1.807, 2.05) is 13.0 Å². The average molecular weight is 489 g/mol. The molecule has 0 bridgehead atoms. The van der Waals surface area contributed by atoms with Gasteiger partial charge in [0.15, 0.2) is 0 Å². The Bertz CT molecular complexity index is 1460. The van der Waals surface area contributed by atoms with E-state index in [9.17, 15) is 19.2 Å². The Morgan fingerprint density at radius 3 is 2.53 bits per heavy atom. The smallest absolute Gasteiger partial charge is 0.336 e. The first-order chi connectivity index (χ1) is 17.3. The number of nitrogens with zero attached hydrogens (tertiary/aromatic N) is 1. The Hall–Kier alpha value is -4.86. The molecular weight excluding hydrogens is 466 g/mol. The van der Waals surface area contributed by atoms with Crippen LogP contribution in [0.15, 0.2) is 80.6 Å². The highest BCUT2D eigenvalue weighted by molar-refractivity contribution is 5.99. The lowest BCUT2D eigenvalue weighted by Gasteiger charge is -2.17. The van der Waals surface area contributed by atoms with Gasteiger partial charge >= 0.3 is 11.7 Å². The number of hydrogen-bond acceptors (Lipinski definition) is 7. The van der Waals surface area contributed by atoms with Crippen molar-refractivity contribution in [2.24, 2.45) is 5.73 Å². The molecule has 0 aliphatic rings. The van der Waals surface area contributed by atoms with Crippen LogP contribution in [-0.4, -0.2) is 29.3 Å². The normalized spacial score (nSPS) is 10.7. The van der Waals surface area contributed by atoms with Gasteiger partial charge in [0.05, 0.1) is 19.4 Å². The van der Waals surface area contributed by atoms with Crippen molar-refractivity contribution in [3.05, 3.63) is 99.8 Å². The van der Waals surface area contributed by atoms with Gasteiger partial charge in [0.25, 0.3) is 5.91 Å². The molecule has 2 aromatic heterocycles. The molecule has 0 saturated carbocycles. The SMILES string of the molecule is Cc1cc(=O)oc2cc(OCc3ccc(C(=O)NCC(=O)N(Cc4ccco4)C(N)=O)cc3)ccc12. The molecule has 2 aromatic carbocycles. The van der Waals surface area contributed by atoms with Crippen molar-refractivity contribution in [3.63, 3.8) is 0 Å². The number of amides is 4. The van der Waals surface area contributed by atoms with Gasteiger partial charge in [-0.1, -0.05) is 12.1 Å². The number of nitrogens with two attached hydrogens (primary N) is 1. The summed E-state index contributed by atoms with van der Waals surface area (Å²) in [6.07, 6.45) is 1.41. The number of rotatable bonds is 8.